The van der Waals surface area contributed by atoms with Crippen molar-refractivity contribution < 1.29 is 50.5 Å². The molecule has 0 aromatic carbocycles. The van der Waals surface area contributed by atoms with Crippen molar-refractivity contribution in [3.8, 4) is 0 Å². The number of rotatable bonds is 7. The molecule has 0 heterocycles. The standard InChI is InChI=1S/C6H8O11S2.Na.H/c7-3(16-18(12)13)1-6(11,5(9)10)2-4(8)17-19(14)15;;/h11H,1-2H2,(H,9,10)(H,12,13)(H,14,15);;. The Balaban J connectivity index is 0. The second-order valence-corrected chi connectivity index (χ2v) is 4.24. The number of carboxylic acid groups (broad SMARTS) is 1. The van der Waals surface area contributed by atoms with E-state index in [0.29, 0.717) is 0 Å². The quantitative estimate of drug-likeness (QED) is 0.278. The van der Waals surface area contributed by atoms with E-state index in [-0.39, 0.29) is 29.6 Å². The molecule has 2 unspecified atom stereocenters. The molecular formula is C6H9NaO11S2. The summed E-state index contributed by atoms with van der Waals surface area (Å²) in [5.74, 6) is -5.19. The summed E-state index contributed by atoms with van der Waals surface area (Å²) in [6.07, 6.45) is -2.69. The van der Waals surface area contributed by atoms with Crippen LogP contribution in [0.3, 0.4) is 0 Å². The van der Waals surface area contributed by atoms with Crippen LogP contribution in [-0.2, 0) is 45.5 Å². The van der Waals surface area contributed by atoms with Crippen molar-refractivity contribution in [3.05, 3.63) is 0 Å². The van der Waals surface area contributed by atoms with Gasteiger partial charge in [0, 0.05) is 0 Å². The van der Waals surface area contributed by atoms with Crippen LogP contribution in [0.15, 0.2) is 0 Å². The number of hydrogen-bond donors (Lipinski definition) is 4. The summed E-state index contributed by atoms with van der Waals surface area (Å²) in [4.78, 5) is 32.6. The van der Waals surface area contributed by atoms with Crippen LogP contribution in [0.25, 0.3) is 0 Å². The number of carbonyl (C=O) groups excluding carboxylic acids is 2. The minimum absolute atomic E-state index is 0. The summed E-state index contributed by atoms with van der Waals surface area (Å²) in [5, 5.41) is 18.1. The Hall–Kier alpha value is -0.410. The number of hydrogen-bond acceptors (Lipinski definition) is 8. The Bertz CT molecular complexity index is 405. The topological polar surface area (TPSA) is 185 Å². The molecule has 0 saturated heterocycles. The molecule has 20 heavy (non-hydrogen) atoms. The van der Waals surface area contributed by atoms with Crippen molar-refractivity contribution in [1.82, 2.24) is 0 Å². The second-order valence-electron chi connectivity index (χ2n) is 3.04. The van der Waals surface area contributed by atoms with Gasteiger partial charge in [0.15, 0.2) is 5.60 Å². The van der Waals surface area contributed by atoms with E-state index in [1.54, 1.807) is 0 Å². The van der Waals surface area contributed by atoms with Gasteiger partial charge < -0.3 is 18.6 Å². The molecule has 0 saturated carbocycles. The molecule has 0 fully saturated rings. The van der Waals surface area contributed by atoms with Crippen molar-refractivity contribution in [3.63, 3.8) is 0 Å². The summed E-state index contributed by atoms with van der Waals surface area (Å²) in [5.41, 5.74) is -3.01. The number of carboxylic acids is 1. The van der Waals surface area contributed by atoms with Crippen LogP contribution >= 0.6 is 0 Å². The maximum atomic E-state index is 10.9. The zero-order chi connectivity index (χ0) is 15.2. The zero-order valence-corrected chi connectivity index (χ0v) is 10.5. The van der Waals surface area contributed by atoms with Crippen molar-refractivity contribution >= 4 is 70.2 Å². The summed E-state index contributed by atoms with van der Waals surface area (Å²) in [7, 11) is 0. The van der Waals surface area contributed by atoms with E-state index in [4.69, 9.17) is 14.2 Å². The number of aliphatic hydroxyl groups is 1. The van der Waals surface area contributed by atoms with Crippen LogP contribution in [0.5, 0.6) is 0 Å². The fourth-order valence-electron chi connectivity index (χ4n) is 0.909. The molecule has 0 aliphatic rings. The molecule has 0 spiro atoms. The van der Waals surface area contributed by atoms with Gasteiger partial charge in [-0.3, -0.25) is 18.7 Å². The van der Waals surface area contributed by atoms with Gasteiger partial charge in [0.05, 0.1) is 12.8 Å². The van der Waals surface area contributed by atoms with Gasteiger partial charge in [-0.05, 0) is 0 Å². The van der Waals surface area contributed by atoms with Gasteiger partial charge in [0.25, 0.3) is 0 Å². The van der Waals surface area contributed by atoms with E-state index >= 15 is 0 Å². The average Bonchev–Trinajstić information content (AvgIpc) is 2.12. The van der Waals surface area contributed by atoms with Crippen molar-refractivity contribution in [1.29, 1.82) is 0 Å². The predicted octanol–water partition coefficient (Wildman–Crippen LogP) is -2.71. The Morgan fingerprint density at radius 1 is 0.950 bits per heavy atom. The monoisotopic (exact) mass is 344 g/mol. The first-order valence-electron chi connectivity index (χ1n) is 4.16. The Morgan fingerprint density at radius 2 is 1.25 bits per heavy atom. The van der Waals surface area contributed by atoms with Crippen LogP contribution in [0.2, 0.25) is 0 Å². The molecule has 4 N–H and O–H groups in total. The Labute approximate surface area is 138 Å². The summed E-state index contributed by atoms with van der Waals surface area (Å²) in [6, 6.07) is 0. The van der Waals surface area contributed by atoms with Gasteiger partial charge in [-0.25, -0.2) is 4.79 Å². The summed E-state index contributed by atoms with van der Waals surface area (Å²) >= 11 is -6.05. The second kappa shape index (κ2) is 9.51. The molecule has 14 heteroatoms. The molecule has 11 nitrogen and oxygen atoms in total. The third-order valence-corrected chi connectivity index (χ3v) is 2.26. The predicted molar refractivity (Wildman–Crippen MR) is 62.7 cm³/mol. The molecule has 0 aromatic rings. The molecule has 2 atom stereocenters. The number of carbonyl (C=O) groups is 3. The SMILES string of the molecule is O=C(CC(O)(CC(=O)OS(=O)O)C(=O)O)OS(=O)O.[NaH]. The molecule has 0 radical (unpaired) electrons. The third-order valence-electron chi connectivity index (χ3n) is 1.60. The van der Waals surface area contributed by atoms with Gasteiger partial charge in [-0.1, -0.05) is 0 Å². The van der Waals surface area contributed by atoms with Gasteiger partial charge in [-0.15, -0.1) is 0 Å². The molecule has 0 aromatic heterocycles. The van der Waals surface area contributed by atoms with Crippen LogP contribution in [0.4, 0.5) is 0 Å². The van der Waals surface area contributed by atoms with E-state index in [1.165, 1.54) is 0 Å². The van der Waals surface area contributed by atoms with E-state index in [0.717, 1.165) is 0 Å². The van der Waals surface area contributed by atoms with Crippen LogP contribution in [-0.4, -0.2) is 80.8 Å². The average molecular weight is 344 g/mol. The maximum absolute atomic E-state index is 10.9. The van der Waals surface area contributed by atoms with E-state index in [1.807, 2.05) is 0 Å². The Morgan fingerprint density at radius 3 is 1.45 bits per heavy atom. The fourth-order valence-corrected chi connectivity index (χ4v) is 1.35. The summed E-state index contributed by atoms with van der Waals surface area (Å²) < 4.78 is 43.9. The molecular weight excluding hydrogens is 335 g/mol. The van der Waals surface area contributed by atoms with Gasteiger partial charge in [-0.2, -0.15) is 8.42 Å². The van der Waals surface area contributed by atoms with Crippen LogP contribution < -0.4 is 0 Å². The molecule has 0 amide bonds. The number of aliphatic carboxylic acids is 1. The van der Waals surface area contributed by atoms with Crippen LogP contribution in [0.1, 0.15) is 12.8 Å². The minimum atomic E-state index is -3.02. The van der Waals surface area contributed by atoms with E-state index in [9.17, 15) is 27.9 Å². The van der Waals surface area contributed by atoms with E-state index < -0.39 is 59.1 Å². The molecule has 0 aliphatic heterocycles. The van der Waals surface area contributed by atoms with Gasteiger partial charge >= 0.3 is 70.2 Å². The van der Waals surface area contributed by atoms with Gasteiger partial charge in [0.1, 0.15) is 0 Å². The molecule has 112 valence electrons. The Kier molecular flexibility index (Phi) is 10.4. The molecule has 0 bridgehead atoms. The van der Waals surface area contributed by atoms with Gasteiger partial charge in [0.2, 0.25) is 0 Å². The first-order valence-corrected chi connectivity index (χ1v) is 6.23. The third kappa shape index (κ3) is 8.70. The van der Waals surface area contributed by atoms with Crippen molar-refractivity contribution in [2.24, 2.45) is 0 Å². The van der Waals surface area contributed by atoms with Crippen molar-refractivity contribution in [2.75, 3.05) is 0 Å². The van der Waals surface area contributed by atoms with E-state index in [2.05, 4.69) is 8.37 Å². The first kappa shape index (κ1) is 21.9. The first-order chi connectivity index (χ1) is 8.56. The summed E-state index contributed by atoms with van der Waals surface area (Å²) in [6.45, 7) is 0. The molecule has 0 aliphatic carbocycles. The van der Waals surface area contributed by atoms with Crippen molar-refractivity contribution in [2.45, 2.75) is 18.4 Å². The fraction of sp³-hybridized carbons (Fsp3) is 0.500. The zero-order valence-electron chi connectivity index (χ0n) is 8.88. The normalized spacial score (nSPS) is 15.9. The van der Waals surface area contributed by atoms with Crippen LogP contribution in [0, 0.1) is 0 Å². The molecule has 0 rings (SSSR count).